The molecule has 0 saturated carbocycles. The number of nitrogens with zero attached hydrogens (tertiary/aromatic N) is 2. The SMILES string of the molecule is [C-]#[N+]c1cccc(S(=O)(=O)Nc2cccc3c2CN=C3Cl)c1. The van der Waals surface area contributed by atoms with Gasteiger partial charge in [0.1, 0.15) is 5.17 Å². The summed E-state index contributed by atoms with van der Waals surface area (Å²) in [6.45, 7) is 7.31. The second-order valence-corrected chi connectivity index (χ2v) is 6.69. The smallest absolute Gasteiger partial charge is 0.260 e. The molecular weight excluding hydrogens is 322 g/mol. The minimum atomic E-state index is -3.77. The van der Waals surface area contributed by atoms with Crippen LogP contribution in [0.5, 0.6) is 0 Å². The maximum absolute atomic E-state index is 12.5. The Kier molecular flexibility index (Phi) is 3.61. The summed E-state index contributed by atoms with van der Waals surface area (Å²) in [5, 5.41) is 0.381. The quantitative estimate of drug-likeness (QED) is 0.874. The monoisotopic (exact) mass is 331 g/mol. The Hall–Kier alpha value is -2.36. The highest BCUT2D eigenvalue weighted by atomic mass is 35.5. The number of nitrogens with one attached hydrogen (secondary N) is 1. The molecule has 0 spiro atoms. The summed E-state index contributed by atoms with van der Waals surface area (Å²) in [6.07, 6.45) is 0. The summed E-state index contributed by atoms with van der Waals surface area (Å²) in [7, 11) is -3.77. The normalized spacial score (nSPS) is 13.2. The van der Waals surface area contributed by atoms with E-state index in [4.69, 9.17) is 18.2 Å². The Balaban J connectivity index is 1.98. The third-order valence-corrected chi connectivity index (χ3v) is 4.96. The van der Waals surface area contributed by atoms with Gasteiger partial charge in [0.25, 0.3) is 10.0 Å². The van der Waals surface area contributed by atoms with Crippen molar-refractivity contribution >= 4 is 38.2 Å². The van der Waals surface area contributed by atoms with Crippen LogP contribution in [0.4, 0.5) is 11.4 Å². The largest absolute Gasteiger partial charge is 0.279 e. The lowest BCUT2D eigenvalue weighted by atomic mass is 10.1. The van der Waals surface area contributed by atoms with Crippen LogP contribution in [0.3, 0.4) is 0 Å². The van der Waals surface area contributed by atoms with Crippen molar-refractivity contribution < 1.29 is 8.42 Å². The molecule has 0 aromatic heterocycles. The fourth-order valence-electron chi connectivity index (χ4n) is 2.20. The first-order valence-corrected chi connectivity index (χ1v) is 8.20. The van der Waals surface area contributed by atoms with Gasteiger partial charge >= 0.3 is 0 Å². The van der Waals surface area contributed by atoms with Crippen LogP contribution in [0.1, 0.15) is 11.1 Å². The molecular formula is C15H10ClN3O2S. The van der Waals surface area contributed by atoms with Crippen molar-refractivity contribution in [3.05, 3.63) is 65.0 Å². The number of rotatable bonds is 3. The number of hydrogen-bond donors (Lipinski definition) is 1. The second-order valence-electron chi connectivity index (χ2n) is 4.65. The predicted octanol–water partition coefficient (Wildman–Crippen LogP) is 3.54. The number of anilines is 1. The van der Waals surface area contributed by atoms with E-state index in [0.717, 1.165) is 11.1 Å². The molecule has 2 aromatic carbocycles. The molecule has 0 atom stereocenters. The number of fused-ring (bicyclic) bond motifs is 1. The number of sulfonamides is 1. The molecule has 0 saturated heterocycles. The van der Waals surface area contributed by atoms with Crippen LogP contribution in [0.15, 0.2) is 52.4 Å². The van der Waals surface area contributed by atoms with E-state index in [2.05, 4.69) is 14.6 Å². The first kappa shape index (κ1) is 14.6. The minimum absolute atomic E-state index is 0.0450. The van der Waals surface area contributed by atoms with Crippen LogP contribution in [0.25, 0.3) is 4.85 Å². The summed E-state index contributed by atoms with van der Waals surface area (Å²) in [4.78, 5) is 7.39. The van der Waals surface area contributed by atoms with Gasteiger partial charge in [-0.3, -0.25) is 9.71 Å². The summed E-state index contributed by atoms with van der Waals surface area (Å²) in [6, 6.07) is 11.1. The fraction of sp³-hybridized carbons (Fsp3) is 0.0667. The van der Waals surface area contributed by atoms with Crippen LogP contribution in [0.2, 0.25) is 0 Å². The molecule has 0 fully saturated rings. The molecule has 0 bridgehead atoms. The van der Waals surface area contributed by atoms with Crippen molar-refractivity contribution in [3.8, 4) is 0 Å². The highest BCUT2D eigenvalue weighted by Gasteiger charge is 2.21. The Bertz CT molecular complexity index is 930. The molecule has 3 rings (SSSR count). The van der Waals surface area contributed by atoms with Crippen LogP contribution < -0.4 is 4.72 Å². The van der Waals surface area contributed by atoms with E-state index in [1.807, 2.05) is 0 Å². The van der Waals surface area contributed by atoms with Gasteiger partial charge in [-0.1, -0.05) is 35.9 Å². The summed E-state index contributed by atoms with van der Waals surface area (Å²) < 4.78 is 27.5. The van der Waals surface area contributed by atoms with Gasteiger partial charge in [0, 0.05) is 11.1 Å². The van der Waals surface area contributed by atoms with Crippen LogP contribution in [-0.4, -0.2) is 13.6 Å². The maximum Gasteiger partial charge on any atom is 0.260 e. The molecule has 0 radical (unpaired) electrons. The van der Waals surface area contributed by atoms with E-state index in [-0.39, 0.29) is 10.6 Å². The number of benzene rings is 2. The van der Waals surface area contributed by atoms with Gasteiger partial charge in [0.15, 0.2) is 5.69 Å². The van der Waals surface area contributed by atoms with Crippen LogP contribution in [-0.2, 0) is 16.6 Å². The zero-order chi connectivity index (χ0) is 15.7. The van der Waals surface area contributed by atoms with Gasteiger partial charge in [0.2, 0.25) is 0 Å². The molecule has 1 N–H and O–H groups in total. The Morgan fingerprint density at radius 3 is 2.77 bits per heavy atom. The second kappa shape index (κ2) is 5.44. The molecule has 1 aliphatic heterocycles. The van der Waals surface area contributed by atoms with E-state index in [9.17, 15) is 8.42 Å². The molecule has 7 heteroatoms. The predicted molar refractivity (Wildman–Crippen MR) is 86.0 cm³/mol. The van der Waals surface area contributed by atoms with E-state index < -0.39 is 10.0 Å². The zero-order valence-electron chi connectivity index (χ0n) is 11.2. The average Bonchev–Trinajstić information content (AvgIpc) is 2.90. The number of halogens is 1. The first-order chi connectivity index (χ1) is 10.5. The lowest BCUT2D eigenvalue weighted by molar-refractivity contribution is 0.601. The number of aliphatic imine (C=N–C) groups is 1. The van der Waals surface area contributed by atoms with Crippen molar-refractivity contribution in [3.63, 3.8) is 0 Å². The van der Waals surface area contributed by atoms with Crippen LogP contribution >= 0.6 is 11.6 Å². The topological polar surface area (TPSA) is 62.9 Å². The van der Waals surface area contributed by atoms with Gasteiger partial charge in [-0.25, -0.2) is 13.3 Å². The molecule has 0 aliphatic carbocycles. The summed E-state index contributed by atoms with van der Waals surface area (Å²) in [5.41, 5.74) is 2.20. The number of hydrogen-bond acceptors (Lipinski definition) is 3. The van der Waals surface area contributed by atoms with Crippen molar-refractivity contribution in [1.82, 2.24) is 0 Å². The van der Waals surface area contributed by atoms with E-state index in [1.54, 1.807) is 24.3 Å². The standard InChI is InChI=1S/C15H10ClN3O2S/c1-17-10-4-2-5-11(8-10)22(20,21)19-14-7-3-6-12-13(14)9-18-15(12)16/h2-8,19H,9H2. The molecule has 1 heterocycles. The summed E-state index contributed by atoms with van der Waals surface area (Å²) >= 11 is 5.98. The van der Waals surface area contributed by atoms with Gasteiger partial charge in [-0.15, -0.1) is 0 Å². The average molecular weight is 332 g/mol. The molecule has 1 aliphatic rings. The summed E-state index contributed by atoms with van der Waals surface area (Å²) in [5.74, 6) is 0. The zero-order valence-corrected chi connectivity index (χ0v) is 12.8. The van der Waals surface area contributed by atoms with Gasteiger partial charge in [-0.05, 0) is 18.2 Å². The van der Waals surface area contributed by atoms with E-state index >= 15 is 0 Å². The van der Waals surface area contributed by atoms with Crippen molar-refractivity contribution in [1.29, 1.82) is 0 Å². The van der Waals surface area contributed by atoms with Crippen molar-refractivity contribution in [2.75, 3.05) is 4.72 Å². The molecule has 110 valence electrons. The van der Waals surface area contributed by atoms with Gasteiger partial charge in [-0.2, -0.15) is 0 Å². The molecule has 0 unspecified atom stereocenters. The lowest BCUT2D eigenvalue weighted by Crippen LogP contribution is -2.14. The highest BCUT2D eigenvalue weighted by molar-refractivity contribution is 7.92. The highest BCUT2D eigenvalue weighted by Crippen LogP contribution is 2.30. The molecule has 0 amide bonds. The van der Waals surface area contributed by atoms with Gasteiger partial charge < -0.3 is 0 Å². The Morgan fingerprint density at radius 1 is 1.23 bits per heavy atom. The van der Waals surface area contributed by atoms with Crippen molar-refractivity contribution in [2.45, 2.75) is 11.4 Å². The van der Waals surface area contributed by atoms with Crippen molar-refractivity contribution in [2.24, 2.45) is 4.99 Å². The first-order valence-electron chi connectivity index (χ1n) is 6.34. The van der Waals surface area contributed by atoms with E-state index in [1.165, 1.54) is 18.2 Å². The fourth-order valence-corrected chi connectivity index (χ4v) is 3.57. The third kappa shape index (κ3) is 2.56. The van der Waals surface area contributed by atoms with E-state index in [0.29, 0.717) is 17.4 Å². The molecule has 2 aromatic rings. The Morgan fingerprint density at radius 2 is 2.00 bits per heavy atom. The Labute approximate surface area is 133 Å². The molecule has 5 nitrogen and oxygen atoms in total. The lowest BCUT2D eigenvalue weighted by Gasteiger charge is -2.12. The van der Waals surface area contributed by atoms with Gasteiger partial charge in [0.05, 0.1) is 23.7 Å². The maximum atomic E-state index is 12.5. The van der Waals surface area contributed by atoms with Crippen LogP contribution in [0, 0.1) is 6.57 Å². The third-order valence-electron chi connectivity index (χ3n) is 3.28. The minimum Gasteiger partial charge on any atom is -0.279 e. The molecule has 22 heavy (non-hydrogen) atoms.